The fourth-order valence-electron chi connectivity index (χ4n) is 6.42. The van der Waals surface area contributed by atoms with Crippen LogP contribution in [0, 0.1) is 33.7 Å². The maximum absolute atomic E-state index is 15.5. The Balaban J connectivity index is 1.49. The molecule has 0 heterocycles. The van der Waals surface area contributed by atoms with Crippen LogP contribution in [0.25, 0.3) is 0 Å². The van der Waals surface area contributed by atoms with E-state index in [0.29, 0.717) is 23.3 Å². The number of nitro groups is 1. The zero-order chi connectivity index (χ0) is 19.3. The summed E-state index contributed by atoms with van der Waals surface area (Å²) < 4.78 is 21.2. The second kappa shape index (κ2) is 6.57. The van der Waals surface area contributed by atoms with Crippen LogP contribution in [0.1, 0.15) is 49.7 Å². The Kier molecular flexibility index (Phi) is 4.14. The first kappa shape index (κ1) is 17.7. The molecule has 146 valence electrons. The lowest BCUT2D eigenvalue weighted by atomic mass is 9.48. The van der Waals surface area contributed by atoms with E-state index in [4.69, 9.17) is 4.74 Å². The van der Waals surface area contributed by atoms with E-state index in [-0.39, 0.29) is 17.8 Å². The van der Waals surface area contributed by atoms with Gasteiger partial charge in [-0.15, -0.1) is 0 Å². The predicted octanol–water partition coefficient (Wildman–Crippen LogP) is 5.78. The highest BCUT2D eigenvalue weighted by molar-refractivity contribution is 5.52. The molecule has 6 rings (SSSR count). The van der Waals surface area contributed by atoms with E-state index in [1.54, 1.807) is 12.1 Å². The van der Waals surface area contributed by atoms with Crippen LogP contribution < -0.4 is 4.74 Å². The SMILES string of the molecule is O=[N+]([O-])c1c(OCc2ccccc2)ccc(C23CC4CC(CC(C4)C2)C3)c1F. The molecule has 2 aromatic carbocycles. The zero-order valence-electron chi connectivity index (χ0n) is 15.8. The molecule has 4 fully saturated rings. The van der Waals surface area contributed by atoms with Crippen LogP contribution in [0.2, 0.25) is 0 Å². The Labute approximate surface area is 163 Å². The Hall–Kier alpha value is -2.43. The highest BCUT2D eigenvalue weighted by Crippen LogP contribution is 2.61. The highest BCUT2D eigenvalue weighted by atomic mass is 19.1. The van der Waals surface area contributed by atoms with Gasteiger partial charge in [0.15, 0.2) is 0 Å². The fourth-order valence-corrected chi connectivity index (χ4v) is 6.42. The molecule has 4 aliphatic carbocycles. The number of nitrogens with zero attached hydrogens (tertiary/aromatic N) is 1. The van der Waals surface area contributed by atoms with Crippen LogP contribution in [-0.2, 0) is 12.0 Å². The van der Waals surface area contributed by atoms with Gasteiger partial charge < -0.3 is 4.74 Å². The summed E-state index contributed by atoms with van der Waals surface area (Å²) >= 11 is 0. The molecule has 0 aromatic heterocycles. The summed E-state index contributed by atoms with van der Waals surface area (Å²) in [5.41, 5.74) is 0.707. The van der Waals surface area contributed by atoms with Gasteiger partial charge in [0.25, 0.3) is 0 Å². The molecule has 4 saturated carbocycles. The van der Waals surface area contributed by atoms with Crippen molar-refractivity contribution in [3.05, 3.63) is 69.5 Å². The standard InChI is InChI=1S/C23H24FNO3/c24-21-19(23-11-16-8-17(12-23)10-18(9-16)13-23)6-7-20(22(21)25(26)27)28-14-15-4-2-1-3-5-15/h1-7,16-18H,8-14H2. The summed E-state index contributed by atoms with van der Waals surface area (Å²) in [6, 6.07) is 12.8. The van der Waals surface area contributed by atoms with E-state index in [1.165, 1.54) is 19.3 Å². The van der Waals surface area contributed by atoms with E-state index < -0.39 is 16.4 Å². The van der Waals surface area contributed by atoms with Crippen molar-refractivity contribution in [1.82, 2.24) is 0 Å². The molecule has 0 radical (unpaired) electrons. The molecule has 4 bridgehead atoms. The summed E-state index contributed by atoms with van der Waals surface area (Å²) in [4.78, 5) is 11.1. The van der Waals surface area contributed by atoms with Crippen LogP contribution in [0.15, 0.2) is 42.5 Å². The second-order valence-electron chi connectivity index (χ2n) is 9.00. The minimum atomic E-state index is -0.683. The predicted molar refractivity (Wildman–Crippen MR) is 104 cm³/mol. The number of hydrogen-bond donors (Lipinski definition) is 0. The maximum atomic E-state index is 15.5. The van der Waals surface area contributed by atoms with Gasteiger partial charge in [0.2, 0.25) is 11.6 Å². The number of ether oxygens (including phenoxy) is 1. The van der Waals surface area contributed by atoms with Gasteiger partial charge in [-0.3, -0.25) is 10.1 Å². The lowest BCUT2D eigenvalue weighted by molar-refractivity contribution is -0.388. The van der Waals surface area contributed by atoms with Crippen molar-refractivity contribution in [3.8, 4) is 5.75 Å². The van der Waals surface area contributed by atoms with Gasteiger partial charge in [0, 0.05) is 5.56 Å². The number of benzene rings is 2. The van der Waals surface area contributed by atoms with Crippen LogP contribution in [0.3, 0.4) is 0 Å². The van der Waals surface area contributed by atoms with Gasteiger partial charge in [-0.2, -0.15) is 4.39 Å². The molecular formula is C23H24FNO3. The van der Waals surface area contributed by atoms with Crippen molar-refractivity contribution in [1.29, 1.82) is 0 Å². The van der Waals surface area contributed by atoms with Gasteiger partial charge in [-0.1, -0.05) is 36.4 Å². The monoisotopic (exact) mass is 381 g/mol. The third kappa shape index (κ3) is 2.88. The summed E-state index contributed by atoms with van der Waals surface area (Å²) in [7, 11) is 0. The normalized spacial score (nSPS) is 30.4. The molecule has 0 aliphatic heterocycles. The van der Waals surface area contributed by atoms with Gasteiger partial charge >= 0.3 is 5.69 Å². The minimum Gasteiger partial charge on any atom is -0.482 e. The van der Waals surface area contributed by atoms with E-state index >= 15 is 4.39 Å². The van der Waals surface area contributed by atoms with Crippen LogP contribution >= 0.6 is 0 Å². The van der Waals surface area contributed by atoms with Gasteiger partial charge in [0.05, 0.1) is 4.92 Å². The first-order valence-electron chi connectivity index (χ1n) is 10.2. The lowest BCUT2D eigenvalue weighted by Crippen LogP contribution is -2.49. The molecule has 0 atom stereocenters. The van der Waals surface area contributed by atoms with Crippen molar-refractivity contribution < 1.29 is 14.1 Å². The Morgan fingerprint density at radius 3 is 2.18 bits per heavy atom. The van der Waals surface area contributed by atoms with Crippen LogP contribution in [-0.4, -0.2) is 4.92 Å². The largest absolute Gasteiger partial charge is 0.482 e. The smallest absolute Gasteiger partial charge is 0.346 e. The van der Waals surface area contributed by atoms with Gasteiger partial charge in [-0.05, 0) is 73.3 Å². The third-order valence-corrected chi connectivity index (χ3v) is 7.11. The minimum absolute atomic E-state index is 0.0137. The van der Waals surface area contributed by atoms with Crippen molar-refractivity contribution in [2.45, 2.75) is 50.5 Å². The molecule has 0 unspecified atom stereocenters. The topological polar surface area (TPSA) is 52.4 Å². The molecule has 2 aromatic rings. The lowest BCUT2D eigenvalue weighted by Gasteiger charge is -2.57. The number of rotatable bonds is 5. The first-order chi connectivity index (χ1) is 13.5. The zero-order valence-corrected chi connectivity index (χ0v) is 15.8. The molecule has 0 saturated heterocycles. The van der Waals surface area contributed by atoms with Crippen LogP contribution in [0.4, 0.5) is 10.1 Å². The van der Waals surface area contributed by atoms with Crippen molar-refractivity contribution in [2.24, 2.45) is 17.8 Å². The van der Waals surface area contributed by atoms with E-state index in [0.717, 1.165) is 24.8 Å². The van der Waals surface area contributed by atoms with Crippen molar-refractivity contribution >= 4 is 5.69 Å². The quantitative estimate of drug-likeness (QED) is 0.487. The van der Waals surface area contributed by atoms with Gasteiger partial charge in [-0.25, -0.2) is 0 Å². The van der Waals surface area contributed by atoms with E-state index in [9.17, 15) is 10.1 Å². The molecule has 4 aliphatic rings. The Morgan fingerprint density at radius 1 is 1.00 bits per heavy atom. The average molecular weight is 381 g/mol. The van der Waals surface area contributed by atoms with Crippen LogP contribution in [0.5, 0.6) is 5.75 Å². The molecule has 0 N–H and O–H groups in total. The fraction of sp³-hybridized carbons (Fsp3) is 0.478. The number of halogens is 1. The van der Waals surface area contributed by atoms with Crippen molar-refractivity contribution in [3.63, 3.8) is 0 Å². The summed E-state index contributed by atoms with van der Waals surface area (Å²) in [6.45, 7) is 0.178. The number of hydrogen-bond acceptors (Lipinski definition) is 3. The summed E-state index contributed by atoms with van der Waals surface area (Å²) in [5, 5.41) is 11.7. The first-order valence-corrected chi connectivity index (χ1v) is 10.2. The average Bonchev–Trinajstić information content (AvgIpc) is 2.65. The van der Waals surface area contributed by atoms with E-state index in [2.05, 4.69) is 0 Å². The molecular weight excluding hydrogens is 357 g/mol. The second-order valence-corrected chi connectivity index (χ2v) is 9.00. The summed E-state index contributed by atoms with van der Waals surface area (Å²) in [6.07, 6.45) is 6.66. The Bertz CT molecular complexity index is 876. The summed E-state index contributed by atoms with van der Waals surface area (Å²) in [5.74, 6) is 1.29. The molecule has 5 heteroatoms. The third-order valence-electron chi connectivity index (χ3n) is 7.11. The van der Waals surface area contributed by atoms with E-state index in [1.807, 2.05) is 30.3 Å². The van der Waals surface area contributed by atoms with Gasteiger partial charge in [0.1, 0.15) is 6.61 Å². The molecule has 0 spiro atoms. The maximum Gasteiger partial charge on any atom is 0.346 e. The molecule has 4 nitrogen and oxygen atoms in total. The van der Waals surface area contributed by atoms with Crippen molar-refractivity contribution in [2.75, 3.05) is 0 Å². The molecule has 0 amide bonds. The molecule has 28 heavy (non-hydrogen) atoms. The highest BCUT2D eigenvalue weighted by Gasteiger charge is 2.53. The Morgan fingerprint density at radius 2 is 1.61 bits per heavy atom. The number of nitro benzene ring substituents is 1.